The molecular weight excluding hydrogens is 339 g/mol. The minimum Gasteiger partial charge on any atom is -0.412 e. The number of rotatable bonds is 0. The van der Waals surface area contributed by atoms with Gasteiger partial charge in [0.05, 0.1) is 0 Å². The third-order valence-electron chi connectivity index (χ3n) is 0. The van der Waals surface area contributed by atoms with Crippen LogP contribution < -0.4 is 0 Å². The Balaban J connectivity index is -0.00000000800. The van der Waals surface area contributed by atoms with Crippen LogP contribution in [0.1, 0.15) is 0 Å². The average molecular weight is 349 g/mol. The minimum absolute atomic E-state index is 0. The first kappa shape index (κ1) is 46.3. The van der Waals surface area contributed by atoms with Gasteiger partial charge in [-0.3, -0.25) is 9.11 Å². The van der Waals surface area contributed by atoms with Crippen LogP contribution in [0.5, 0.6) is 0 Å². The van der Waals surface area contributed by atoms with E-state index >= 15 is 0 Å². The molecule has 0 saturated heterocycles. The second kappa shape index (κ2) is 16.3. The van der Waals surface area contributed by atoms with Crippen molar-refractivity contribution >= 4 is 10.4 Å². The zero-order valence-corrected chi connectivity index (χ0v) is 9.03. The number of hydrogen-bond acceptors (Lipinski definition) is 2. The van der Waals surface area contributed by atoms with E-state index in [1.165, 1.54) is 0 Å². The van der Waals surface area contributed by atoms with Crippen LogP contribution in [0.25, 0.3) is 0 Å². The molecular formula is H10HfO8S. The Hall–Kier alpha value is 0.580. The summed E-state index contributed by atoms with van der Waals surface area (Å²) in [5.41, 5.74) is 0. The molecule has 8 nitrogen and oxygen atoms in total. The summed E-state index contributed by atoms with van der Waals surface area (Å²) in [5, 5.41) is 0. The zero-order chi connectivity index (χ0) is 4.50. The zero-order valence-electron chi connectivity index (χ0n) is 4.62. The summed E-state index contributed by atoms with van der Waals surface area (Å²) in [6.07, 6.45) is 0. The van der Waals surface area contributed by atoms with Gasteiger partial charge >= 0.3 is 10.4 Å². The molecule has 0 aliphatic carbocycles. The fourth-order valence-electron chi connectivity index (χ4n) is 0. The molecule has 0 saturated carbocycles. The van der Waals surface area contributed by atoms with Crippen LogP contribution in [-0.4, -0.2) is 39.4 Å². The summed E-state index contributed by atoms with van der Waals surface area (Å²) in [6.45, 7) is 0. The van der Waals surface area contributed by atoms with Crippen molar-refractivity contribution in [1.82, 2.24) is 0 Å². The third kappa shape index (κ3) is 1460. The van der Waals surface area contributed by atoms with Gasteiger partial charge in [0.25, 0.3) is 0 Å². The summed E-state index contributed by atoms with van der Waals surface area (Å²) >= 11 is 0. The first-order chi connectivity index (χ1) is 2.00. The van der Waals surface area contributed by atoms with Gasteiger partial charge in [-0.2, -0.15) is 8.42 Å². The van der Waals surface area contributed by atoms with Gasteiger partial charge < -0.3 is 21.9 Å². The fourth-order valence-corrected chi connectivity index (χ4v) is 0. The van der Waals surface area contributed by atoms with E-state index in [1.54, 1.807) is 0 Å². The Labute approximate surface area is 75.8 Å². The van der Waals surface area contributed by atoms with Crippen molar-refractivity contribution in [2.24, 2.45) is 0 Å². The summed E-state index contributed by atoms with van der Waals surface area (Å²) in [4.78, 5) is 0. The van der Waals surface area contributed by atoms with E-state index in [2.05, 4.69) is 0 Å². The Bertz CT molecular complexity index is 92.4. The van der Waals surface area contributed by atoms with Crippen LogP contribution in [0.3, 0.4) is 0 Å². The second-order valence-electron chi connectivity index (χ2n) is 0.448. The molecule has 0 heterocycles. The maximum absolute atomic E-state index is 8.74. The van der Waals surface area contributed by atoms with Crippen molar-refractivity contribution in [3.05, 3.63) is 0 Å². The molecule has 0 spiro atoms. The van der Waals surface area contributed by atoms with Gasteiger partial charge in [0, 0.05) is 25.8 Å². The summed E-state index contributed by atoms with van der Waals surface area (Å²) in [7, 11) is -4.67. The molecule has 0 atom stereocenters. The van der Waals surface area contributed by atoms with Gasteiger partial charge in [0.2, 0.25) is 0 Å². The standard InChI is InChI=1S/Hf.H2O4S.4H2O/c;1-5(2,3)4;;;;/h;(H2,1,2,3,4);4*1H2. The molecule has 0 aromatic carbocycles. The van der Waals surface area contributed by atoms with Gasteiger partial charge in [-0.05, 0) is 0 Å². The molecule has 10 heteroatoms. The van der Waals surface area contributed by atoms with Gasteiger partial charge in [0.15, 0.2) is 0 Å². The Kier molecular flexibility index (Phi) is 75.4. The first-order valence-corrected chi connectivity index (χ1v) is 2.10. The summed E-state index contributed by atoms with van der Waals surface area (Å²) < 4.78 is 31.6. The molecule has 0 unspecified atom stereocenters. The maximum atomic E-state index is 8.74. The van der Waals surface area contributed by atoms with Crippen molar-refractivity contribution < 1.29 is 65.3 Å². The topological polar surface area (TPSA) is 201 Å². The summed E-state index contributed by atoms with van der Waals surface area (Å²) in [6, 6.07) is 0. The molecule has 0 amide bonds. The number of hydrogen-bond donors (Lipinski definition) is 2. The minimum atomic E-state index is -4.67. The molecule has 10 N–H and O–H groups in total. The van der Waals surface area contributed by atoms with Crippen LogP contribution in [0.15, 0.2) is 0 Å². The SMILES string of the molecule is O.O.O.O.O=S(=O)(O)O.[Hf]. The van der Waals surface area contributed by atoms with Crippen LogP contribution in [0, 0.1) is 0 Å². The van der Waals surface area contributed by atoms with E-state index in [0.717, 1.165) is 0 Å². The van der Waals surface area contributed by atoms with E-state index < -0.39 is 10.4 Å². The van der Waals surface area contributed by atoms with Crippen LogP contribution >= 0.6 is 0 Å². The van der Waals surface area contributed by atoms with E-state index in [-0.39, 0.29) is 47.7 Å². The van der Waals surface area contributed by atoms with Gasteiger partial charge in [-0.15, -0.1) is 0 Å². The van der Waals surface area contributed by atoms with Crippen LogP contribution in [0.2, 0.25) is 0 Å². The maximum Gasteiger partial charge on any atom is 0.394 e. The molecule has 10 heavy (non-hydrogen) atoms. The fraction of sp³-hybridized carbons (Fsp3) is 0. The third-order valence-corrected chi connectivity index (χ3v) is 0. The molecule has 68 valence electrons. The smallest absolute Gasteiger partial charge is 0.394 e. The van der Waals surface area contributed by atoms with E-state index in [1.807, 2.05) is 0 Å². The van der Waals surface area contributed by atoms with Crippen LogP contribution in [-0.2, 0) is 36.2 Å². The van der Waals surface area contributed by atoms with Crippen molar-refractivity contribution in [2.45, 2.75) is 0 Å². The van der Waals surface area contributed by atoms with E-state index in [0.29, 0.717) is 0 Å². The van der Waals surface area contributed by atoms with E-state index in [9.17, 15) is 0 Å². The average Bonchev–Trinajstić information content (AvgIpc) is 0.722. The van der Waals surface area contributed by atoms with Crippen molar-refractivity contribution in [2.75, 3.05) is 0 Å². The van der Waals surface area contributed by atoms with Crippen molar-refractivity contribution in [3.8, 4) is 0 Å². The molecule has 0 aliphatic rings. The Morgan fingerprint density at radius 2 is 0.800 bits per heavy atom. The molecule has 0 aliphatic heterocycles. The molecule has 0 aromatic rings. The quantitative estimate of drug-likeness (QED) is 0.332. The predicted octanol–water partition coefficient (Wildman–Crippen LogP) is -3.95. The monoisotopic (exact) mass is 350 g/mol. The molecule has 0 bridgehead atoms. The predicted molar refractivity (Wildman–Crippen MR) is 28.6 cm³/mol. The molecule has 0 aromatic heterocycles. The van der Waals surface area contributed by atoms with Crippen molar-refractivity contribution in [3.63, 3.8) is 0 Å². The molecule has 0 rings (SSSR count). The largest absolute Gasteiger partial charge is 0.412 e. The van der Waals surface area contributed by atoms with E-state index in [4.69, 9.17) is 17.5 Å². The first-order valence-electron chi connectivity index (χ1n) is 0.698. The van der Waals surface area contributed by atoms with Gasteiger partial charge in [-0.1, -0.05) is 0 Å². The second-order valence-corrected chi connectivity index (χ2v) is 1.34. The Morgan fingerprint density at radius 1 is 0.800 bits per heavy atom. The Morgan fingerprint density at radius 3 is 0.800 bits per heavy atom. The van der Waals surface area contributed by atoms with Gasteiger partial charge in [0.1, 0.15) is 0 Å². The summed E-state index contributed by atoms with van der Waals surface area (Å²) in [5.74, 6) is 0. The normalized spacial score (nSPS) is 5.80. The molecule has 0 fully saturated rings. The van der Waals surface area contributed by atoms with Crippen LogP contribution in [0.4, 0.5) is 0 Å². The molecule has 0 radical (unpaired) electrons. The van der Waals surface area contributed by atoms with Gasteiger partial charge in [-0.25, -0.2) is 0 Å². The van der Waals surface area contributed by atoms with Crippen molar-refractivity contribution in [1.29, 1.82) is 0 Å².